The van der Waals surface area contributed by atoms with E-state index >= 15 is 4.39 Å². The lowest BCUT2D eigenvalue weighted by atomic mass is 10.0. The van der Waals surface area contributed by atoms with Crippen molar-refractivity contribution in [3.63, 3.8) is 0 Å². The van der Waals surface area contributed by atoms with Gasteiger partial charge in [-0.2, -0.15) is 0 Å². The van der Waals surface area contributed by atoms with E-state index in [0.29, 0.717) is 24.3 Å². The summed E-state index contributed by atoms with van der Waals surface area (Å²) in [4.78, 5) is 23.2. The van der Waals surface area contributed by atoms with Gasteiger partial charge in [-0.25, -0.2) is 23.5 Å². The highest BCUT2D eigenvalue weighted by Gasteiger charge is 2.34. The van der Waals surface area contributed by atoms with Gasteiger partial charge in [0.15, 0.2) is 5.82 Å². The molecule has 0 aliphatic carbocycles. The minimum Gasteiger partial charge on any atom is -0.496 e. The maximum atomic E-state index is 15.7. The zero-order valence-electron chi connectivity index (χ0n) is 17.6. The molecule has 0 radical (unpaired) electrons. The molecule has 3 aromatic rings. The molecule has 1 aliphatic heterocycles. The number of hydrogen-bond donors (Lipinski definition) is 1. The van der Waals surface area contributed by atoms with Gasteiger partial charge in [0.1, 0.15) is 29.2 Å². The summed E-state index contributed by atoms with van der Waals surface area (Å²) in [5.41, 5.74) is -0.242. The third-order valence-electron chi connectivity index (χ3n) is 5.68. The Morgan fingerprint density at radius 1 is 1.19 bits per heavy atom. The van der Waals surface area contributed by atoms with Gasteiger partial charge in [-0.3, -0.25) is 4.90 Å². The first-order valence-electron chi connectivity index (χ1n) is 9.96. The number of aromatic nitrogens is 2. The van der Waals surface area contributed by atoms with Crippen LogP contribution in [0.3, 0.4) is 0 Å². The van der Waals surface area contributed by atoms with Crippen LogP contribution in [0.25, 0.3) is 22.0 Å². The van der Waals surface area contributed by atoms with Crippen LogP contribution in [0.5, 0.6) is 5.75 Å². The van der Waals surface area contributed by atoms with Crippen molar-refractivity contribution in [3.05, 3.63) is 47.2 Å². The molecule has 168 valence electrons. The molecule has 2 unspecified atom stereocenters. The van der Waals surface area contributed by atoms with Crippen molar-refractivity contribution in [2.24, 2.45) is 0 Å². The molecular weight excluding hydrogens is 442 g/mol. The minimum atomic E-state index is -0.991. The first kappa shape index (κ1) is 22.0. The Hall–Kier alpha value is -3.20. The van der Waals surface area contributed by atoms with Crippen molar-refractivity contribution in [1.29, 1.82) is 0 Å². The molecule has 0 bridgehead atoms. The Kier molecular flexibility index (Phi) is 5.77. The van der Waals surface area contributed by atoms with Crippen molar-refractivity contribution in [2.45, 2.75) is 25.9 Å². The molecule has 2 atom stereocenters. The minimum absolute atomic E-state index is 0.0133. The normalized spacial score (nSPS) is 18.8. The van der Waals surface area contributed by atoms with Gasteiger partial charge in [0.25, 0.3) is 0 Å². The second-order valence-electron chi connectivity index (χ2n) is 7.75. The van der Waals surface area contributed by atoms with Crippen molar-refractivity contribution < 1.29 is 23.4 Å². The third-order valence-corrected chi connectivity index (χ3v) is 5.98. The third kappa shape index (κ3) is 3.56. The predicted octanol–water partition coefficient (Wildman–Crippen LogP) is 4.81. The van der Waals surface area contributed by atoms with Crippen LogP contribution in [0, 0.1) is 11.6 Å². The van der Waals surface area contributed by atoms with Crippen LogP contribution in [-0.4, -0.2) is 58.4 Å². The number of halogens is 3. The number of ether oxygens (including phenoxy) is 1. The molecule has 0 spiro atoms. The van der Waals surface area contributed by atoms with Crippen LogP contribution in [0.2, 0.25) is 5.02 Å². The predicted molar refractivity (Wildman–Crippen MR) is 117 cm³/mol. The molecule has 1 fully saturated rings. The molecule has 2 aromatic carbocycles. The lowest BCUT2D eigenvalue weighted by Crippen LogP contribution is -2.58. The fourth-order valence-corrected chi connectivity index (χ4v) is 4.67. The standard InChI is InChI=1S/C22H21ClF2N4O3/c1-11-8-28(9-12(2)29(11)22(30)31)21-13-7-14(23)17(19(25)20(13)26-10-27-21)18-15(24)5-4-6-16(18)32-3/h4-7,10-12H,8-9H2,1-3H3,(H,30,31). The number of methoxy groups -OCH3 is 1. The van der Waals surface area contributed by atoms with Crippen LogP contribution < -0.4 is 9.64 Å². The van der Waals surface area contributed by atoms with Crippen LogP contribution in [0.1, 0.15) is 13.8 Å². The summed E-state index contributed by atoms with van der Waals surface area (Å²) in [5.74, 6) is -0.880. The van der Waals surface area contributed by atoms with Gasteiger partial charge in [0.05, 0.1) is 29.8 Å². The largest absolute Gasteiger partial charge is 0.496 e. The highest BCUT2D eigenvalue weighted by molar-refractivity contribution is 6.34. The first-order chi connectivity index (χ1) is 15.2. The average molecular weight is 463 g/mol. The SMILES string of the molecule is COc1cccc(F)c1-c1c(Cl)cc2c(N3CC(C)N(C(=O)O)C(C)C3)ncnc2c1F. The van der Waals surface area contributed by atoms with E-state index in [2.05, 4.69) is 9.97 Å². The van der Waals surface area contributed by atoms with Crippen LogP contribution in [-0.2, 0) is 0 Å². The molecular formula is C22H21ClF2N4O3. The molecule has 4 rings (SSSR count). The quantitative estimate of drug-likeness (QED) is 0.601. The van der Waals surface area contributed by atoms with E-state index in [0.717, 1.165) is 0 Å². The van der Waals surface area contributed by atoms with Gasteiger partial charge in [-0.15, -0.1) is 0 Å². The Labute approximate surface area is 188 Å². The summed E-state index contributed by atoms with van der Waals surface area (Å²) >= 11 is 6.45. The fourth-order valence-electron chi connectivity index (χ4n) is 4.39. The molecule has 1 N–H and O–H groups in total. The molecule has 10 heteroatoms. The van der Waals surface area contributed by atoms with Gasteiger partial charge >= 0.3 is 6.09 Å². The number of nitrogens with zero attached hydrogens (tertiary/aromatic N) is 4. The number of benzene rings is 2. The van der Waals surface area contributed by atoms with Crippen LogP contribution >= 0.6 is 11.6 Å². The molecule has 2 heterocycles. The topological polar surface area (TPSA) is 78.8 Å². The number of amides is 1. The van der Waals surface area contributed by atoms with E-state index in [-0.39, 0.29) is 39.5 Å². The Morgan fingerprint density at radius 2 is 1.88 bits per heavy atom. The van der Waals surface area contributed by atoms with E-state index in [4.69, 9.17) is 16.3 Å². The lowest BCUT2D eigenvalue weighted by Gasteiger charge is -2.43. The zero-order valence-corrected chi connectivity index (χ0v) is 18.4. The lowest BCUT2D eigenvalue weighted by molar-refractivity contribution is 0.0981. The summed E-state index contributed by atoms with van der Waals surface area (Å²) in [7, 11) is 1.37. The fraction of sp³-hybridized carbons (Fsp3) is 0.318. The highest BCUT2D eigenvalue weighted by Crippen LogP contribution is 2.42. The maximum Gasteiger partial charge on any atom is 0.407 e. The van der Waals surface area contributed by atoms with Gasteiger partial charge in [-0.05, 0) is 32.0 Å². The first-order valence-corrected chi connectivity index (χ1v) is 10.3. The highest BCUT2D eigenvalue weighted by atomic mass is 35.5. The van der Waals surface area contributed by atoms with Gasteiger partial charge < -0.3 is 14.7 Å². The number of hydrogen-bond acceptors (Lipinski definition) is 5. The zero-order chi connectivity index (χ0) is 23.2. The van der Waals surface area contributed by atoms with E-state index in [1.807, 2.05) is 4.90 Å². The van der Waals surface area contributed by atoms with Gasteiger partial charge in [-0.1, -0.05) is 17.7 Å². The maximum absolute atomic E-state index is 15.7. The van der Waals surface area contributed by atoms with Crippen molar-refractivity contribution in [1.82, 2.24) is 14.9 Å². The molecule has 0 saturated carbocycles. The summed E-state index contributed by atoms with van der Waals surface area (Å²) in [6.07, 6.45) is 0.241. The Bertz CT molecular complexity index is 1200. The number of carbonyl (C=O) groups is 1. The average Bonchev–Trinajstić information content (AvgIpc) is 2.73. The van der Waals surface area contributed by atoms with Gasteiger partial charge in [0, 0.05) is 24.0 Å². The summed E-state index contributed by atoms with van der Waals surface area (Å²) in [6, 6.07) is 5.09. The summed E-state index contributed by atoms with van der Waals surface area (Å²) < 4.78 is 35.5. The molecule has 1 aliphatic rings. The van der Waals surface area contributed by atoms with E-state index < -0.39 is 17.7 Å². The van der Waals surface area contributed by atoms with Crippen LogP contribution in [0.4, 0.5) is 19.4 Å². The molecule has 1 aromatic heterocycles. The Balaban J connectivity index is 1.86. The summed E-state index contributed by atoms with van der Waals surface area (Å²) in [5, 5.41) is 9.80. The monoisotopic (exact) mass is 462 g/mol. The van der Waals surface area contributed by atoms with Gasteiger partial charge in [0.2, 0.25) is 0 Å². The molecule has 32 heavy (non-hydrogen) atoms. The second-order valence-corrected chi connectivity index (χ2v) is 8.16. The Morgan fingerprint density at radius 3 is 2.50 bits per heavy atom. The number of carboxylic acid groups (broad SMARTS) is 1. The molecule has 1 saturated heterocycles. The van der Waals surface area contributed by atoms with E-state index in [9.17, 15) is 14.3 Å². The van der Waals surface area contributed by atoms with Crippen molar-refractivity contribution in [2.75, 3.05) is 25.1 Å². The smallest absolute Gasteiger partial charge is 0.407 e. The van der Waals surface area contributed by atoms with E-state index in [1.54, 1.807) is 13.8 Å². The van der Waals surface area contributed by atoms with Crippen molar-refractivity contribution >= 4 is 34.4 Å². The summed E-state index contributed by atoms with van der Waals surface area (Å²) in [6.45, 7) is 4.34. The number of rotatable bonds is 3. The number of fused-ring (bicyclic) bond motifs is 1. The van der Waals surface area contributed by atoms with Crippen molar-refractivity contribution in [3.8, 4) is 16.9 Å². The second kappa shape index (κ2) is 8.38. The van der Waals surface area contributed by atoms with E-state index in [1.165, 1.54) is 42.6 Å². The number of piperazine rings is 1. The molecule has 1 amide bonds. The number of anilines is 1. The van der Waals surface area contributed by atoms with Crippen LogP contribution in [0.15, 0.2) is 30.6 Å². The molecule has 7 nitrogen and oxygen atoms in total.